The molecule has 20 heavy (non-hydrogen) atoms. The van der Waals surface area contributed by atoms with E-state index in [0.717, 1.165) is 18.7 Å². The zero-order valence-electron chi connectivity index (χ0n) is 11.2. The largest absolute Gasteiger partial charge is 0.456 e. The Balaban J connectivity index is 4.20. The first-order valence-corrected chi connectivity index (χ1v) is 6.91. The van der Waals surface area contributed by atoms with Gasteiger partial charge >= 0.3 is 5.66 Å². The summed E-state index contributed by atoms with van der Waals surface area (Å²) in [7, 11) is 0. The molecule has 0 bridgehead atoms. The van der Waals surface area contributed by atoms with E-state index in [-0.39, 0.29) is 29.5 Å². The highest BCUT2D eigenvalue weighted by molar-refractivity contribution is 8.00. The molecule has 0 spiro atoms. The lowest BCUT2D eigenvalue weighted by atomic mass is 10.1. The second-order valence-electron chi connectivity index (χ2n) is 4.50. The lowest BCUT2D eigenvalue weighted by molar-refractivity contribution is -0.792. The molecule has 0 fully saturated rings. The van der Waals surface area contributed by atoms with Gasteiger partial charge in [0.25, 0.3) is 0 Å². The quantitative estimate of drug-likeness (QED) is 0.343. The number of carbonyl (C=O) groups is 2. The van der Waals surface area contributed by atoms with Gasteiger partial charge in [0.1, 0.15) is 11.6 Å². The SMILES string of the molecule is CC(=O)[C@@H](N)CSCC(=O)CCC(C)([N+](=O)[O-])[N+](=O)[O-]. The number of nitro groups is 2. The van der Waals surface area contributed by atoms with Crippen molar-refractivity contribution in [3.05, 3.63) is 20.2 Å². The number of nitrogens with zero attached hydrogens (tertiary/aromatic N) is 2. The molecule has 0 radical (unpaired) electrons. The van der Waals surface area contributed by atoms with Crippen LogP contribution in [0.2, 0.25) is 0 Å². The zero-order chi connectivity index (χ0) is 15.9. The van der Waals surface area contributed by atoms with Gasteiger partial charge in [0, 0.05) is 12.2 Å². The molecule has 0 heterocycles. The Morgan fingerprint density at radius 3 is 2.20 bits per heavy atom. The maximum atomic E-state index is 11.5. The number of Topliss-reactive ketones (excluding diaryl/α,β-unsaturated/α-hetero) is 2. The third-order valence-corrected chi connectivity index (χ3v) is 3.87. The number of thioether (sulfide) groups is 1. The lowest BCUT2D eigenvalue weighted by Crippen LogP contribution is -2.43. The molecule has 0 amide bonds. The molecule has 2 N–H and O–H groups in total. The molecule has 0 aliphatic heterocycles. The van der Waals surface area contributed by atoms with Gasteiger partial charge < -0.3 is 5.73 Å². The normalized spacial score (nSPS) is 12.8. The van der Waals surface area contributed by atoms with Crippen molar-refractivity contribution < 1.29 is 19.4 Å². The van der Waals surface area contributed by atoms with Crippen molar-refractivity contribution in [3.63, 3.8) is 0 Å². The summed E-state index contributed by atoms with van der Waals surface area (Å²) in [4.78, 5) is 41.6. The van der Waals surface area contributed by atoms with E-state index in [4.69, 9.17) is 5.73 Å². The van der Waals surface area contributed by atoms with Gasteiger partial charge in [-0.3, -0.25) is 29.8 Å². The molecule has 0 aromatic carbocycles. The Morgan fingerprint density at radius 2 is 1.80 bits per heavy atom. The van der Waals surface area contributed by atoms with Gasteiger partial charge in [0.2, 0.25) is 0 Å². The highest BCUT2D eigenvalue weighted by atomic mass is 32.2. The summed E-state index contributed by atoms with van der Waals surface area (Å²) in [6.45, 7) is 2.21. The molecule has 0 saturated heterocycles. The minimum absolute atomic E-state index is 0.0203. The molecule has 0 unspecified atom stereocenters. The van der Waals surface area contributed by atoms with Crippen molar-refractivity contribution in [3.8, 4) is 0 Å². The van der Waals surface area contributed by atoms with E-state index < -0.39 is 28.0 Å². The first-order chi connectivity index (χ1) is 9.11. The van der Waals surface area contributed by atoms with Crippen LogP contribution < -0.4 is 5.73 Å². The average Bonchev–Trinajstić information content (AvgIpc) is 2.34. The van der Waals surface area contributed by atoms with Crippen LogP contribution in [0.15, 0.2) is 0 Å². The Hall–Kier alpha value is -1.55. The molecular weight excluding hydrogens is 290 g/mol. The van der Waals surface area contributed by atoms with Gasteiger partial charge in [0.15, 0.2) is 0 Å². The fraction of sp³-hybridized carbons (Fsp3) is 0.800. The first-order valence-electron chi connectivity index (χ1n) is 5.75. The van der Waals surface area contributed by atoms with Crippen LogP contribution in [0.25, 0.3) is 0 Å². The molecule has 114 valence electrons. The second kappa shape index (κ2) is 7.90. The smallest absolute Gasteiger partial charge is 0.321 e. The number of carbonyl (C=O) groups excluding carboxylic acids is 2. The Labute approximate surface area is 119 Å². The van der Waals surface area contributed by atoms with Crippen LogP contribution in [-0.4, -0.2) is 44.6 Å². The highest BCUT2D eigenvalue weighted by Gasteiger charge is 2.50. The van der Waals surface area contributed by atoms with Crippen molar-refractivity contribution >= 4 is 23.3 Å². The lowest BCUT2D eigenvalue weighted by Gasteiger charge is -2.12. The van der Waals surface area contributed by atoms with Crippen LogP contribution in [0.5, 0.6) is 0 Å². The summed E-state index contributed by atoms with van der Waals surface area (Å²) in [6.07, 6.45) is -0.730. The molecule has 0 aliphatic rings. The van der Waals surface area contributed by atoms with E-state index >= 15 is 0 Å². The van der Waals surface area contributed by atoms with E-state index in [2.05, 4.69) is 0 Å². The Bertz CT molecular complexity index is 400. The number of hydrogen-bond donors (Lipinski definition) is 1. The van der Waals surface area contributed by atoms with Gasteiger partial charge in [-0.25, -0.2) is 0 Å². The fourth-order valence-electron chi connectivity index (χ4n) is 1.11. The number of rotatable bonds is 10. The summed E-state index contributed by atoms with van der Waals surface area (Å²) in [5, 5.41) is 21.3. The topological polar surface area (TPSA) is 146 Å². The molecular formula is C10H17N3O6S. The number of hydrogen-bond acceptors (Lipinski definition) is 8. The van der Waals surface area contributed by atoms with E-state index in [1.165, 1.54) is 6.92 Å². The van der Waals surface area contributed by atoms with Gasteiger partial charge in [-0.2, -0.15) is 11.8 Å². The predicted molar refractivity (Wildman–Crippen MR) is 72.6 cm³/mol. The van der Waals surface area contributed by atoms with E-state index in [9.17, 15) is 29.8 Å². The predicted octanol–water partition coefficient (Wildman–Crippen LogP) is 0.255. The maximum absolute atomic E-state index is 11.5. The van der Waals surface area contributed by atoms with Crippen molar-refractivity contribution in [1.82, 2.24) is 0 Å². The van der Waals surface area contributed by atoms with Crippen LogP contribution in [-0.2, 0) is 9.59 Å². The molecule has 0 rings (SSSR count). The molecule has 0 aliphatic carbocycles. The molecule has 0 aromatic rings. The third-order valence-electron chi connectivity index (χ3n) is 2.75. The highest BCUT2D eigenvalue weighted by Crippen LogP contribution is 2.18. The molecule has 0 aromatic heterocycles. The summed E-state index contributed by atoms with van der Waals surface area (Å²) >= 11 is 1.13. The standard InChI is InChI=1S/C10H17N3O6S/c1-7(14)9(11)6-20-5-8(15)3-4-10(2,12(16)17)13(18)19/h9H,3-6,11H2,1-2H3/t9-/m0/s1. The monoisotopic (exact) mass is 307 g/mol. The molecule has 0 saturated carbocycles. The van der Waals surface area contributed by atoms with E-state index in [0.29, 0.717) is 0 Å². The zero-order valence-corrected chi connectivity index (χ0v) is 12.1. The van der Waals surface area contributed by atoms with Gasteiger partial charge in [-0.1, -0.05) is 0 Å². The van der Waals surface area contributed by atoms with Crippen molar-refractivity contribution in [1.29, 1.82) is 0 Å². The Kier molecular flexibility index (Phi) is 7.29. The van der Waals surface area contributed by atoms with E-state index in [1.54, 1.807) is 0 Å². The van der Waals surface area contributed by atoms with Gasteiger partial charge in [0.05, 0.1) is 35.0 Å². The Morgan fingerprint density at radius 1 is 1.30 bits per heavy atom. The van der Waals surface area contributed by atoms with Crippen LogP contribution >= 0.6 is 11.8 Å². The average molecular weight is 307 g/mol. The third kappa shape index (κ3) is 5.61. The number of ketones is 2. The number of nitrogens with two attached hydrogens (primary N) is 1. The fourth-order valence-corrected chi connectivity index (χ4v) is 2.09. The van der Waals surface area contributed by atoms with Crippen LogP contribution in [0, 0.1) is 20.2 Å². The summed E-state index contributed by atoms with van der Waals surface area (Å²) in [5.74, 6) is -0.255. The van der Waals surface area contributed by atoms with Gasteiger partial charge in [-0.15, -0.1) is 0 Å². The van der Waals surface area contributed by atoms with Gasteiger partial charge in [-0.05, 0) is 6.92 Å². The maximum Gasteiger partial charge on any atom is 0.456 e. The van der Waals surface area contributed by atoms with Crippen LogP contribution in [0.1, 0.15) is 26.7 Å². The van der Waals surface area contributed by atoms with Crippen molar-refractivity contribution in [2.75, 3.05) is 11.5 Å². The summed E-state index contributed by atoms with van der Waals surface area (Å²) in [6, 6.07) is -0.657. The van der Waals surface area contributed by atoms with Crippen molar-refractivity contribution in [2.45, 2.75) is 38.4 Å². The minimum Gasteiger partial charge on any atom is -0.321 e. The summed E-state index contributed by atoms with van der Waals surface area (Å²) < 4.78 is 0. The molecule has 1 atom stereocenters. The summed E-state index contributed by atoms with van der Waals surface area (Å²) in [5.41, 5.74) is 3.11. The van der Waals surface area contributed by atoms with E-state index in [1.807, 2.05) is 0 Å². The molecule has 10 heteroatoms. The second-order valence-corrected chi connectivity index (χ2v) is 5.53. The van der Waals surface area contributed by atoms with Crippen LogP contribution in [0.4, 0.5) is 0 Å². The molecule has 9 nitrogen and oxygen atoms in total. The van der Waals surface area contributed by atoms with Crippen LogP contribution in [0.3, 0.4) is 0 Å². The van der Waals surface area contributed by atoms with Crippen molar-refractivity contribution in [2.24, 2.45) is 5.73 Å². The first kappa shape index (κ1) is 18.4. The minimum atomic E-state index is -2.35.